The van der Waals surface area contributed by atoms with Crippen LogP contribution in [0.25, 0.3) is 32.8 Å². The van der Waals surface area contributed by atoms with Crippen LogP contribution in [0.3, 0.4) is 0 Å². The summed E-state index contributed by atoms with van der Waals surface area (Å²) in [6, 6.07) is 46.6. The molecule has 0 saturated heterocycles. The Kier molecular flexibility index (Phi) is 29.2. The first-order valence-electron chi connectivity index (χ1n) is 34.7. The zero-order valence-corrected chi connectivity index (χ0v) is 64.6. The minimum Gasteiger partial charge on any atom is -0.471 e. The van der Waals surface area contributed by atoms with Crippen LogP contribution in [-0.4, -0.2) is 52.7 Å². The highest BCUT2D eigenvalue weighted by molar-refractivity contribution is 7.17. The van der Waals surface area contributed by atoms with Crippen molar-refractivity contribution < 1.29 is 4.74 Å². The molecule has 0 unspecified atom stereocenters. The van der Waals surface area contributed by atoms with Crippen LogP contribution < -0.4 is 4.74 Å². The molecule has 1 aliphatic heterocycles. The Morgan fingerprint density at radius 1 is 0.485 bits per heavy atom. The fraction of sp³-hybridized carbons (Fsp3) is 0.437. The van der Waals surface area contributed by atoms with Gasteiger partial charge in [-0.3, -0.25) is 19.9 Å². The molecular weight excluding hydrogens is 1210 g/mol. The van der Waals surface area contributed by atoms with Crippen LogP contribution in [0.5, 0.6) is 5.88 Å². The fourth-order valence-electron chi connectivity index (χ4n) is 10.00. The largest absolute Gasteiger partial charge is 0.471 e. The standard InChI is InChI=1S/C13H15N.C13H18.C12H16.C11H15N3.C10H12N2OS.C10H15N.C10H14.C8H13N/c1-13(2,3)11-6-7-12-10(9-11)5-4-8-14-12;1-13(2,3)12-8-7-10-5-4-6-11(10)9-12;1-12(2,3)10-9-11-7-5-4-6-8-11;1-11(2,3)8-9-10-13-5-7-14(10)6-4-12-9;1-10(2,3)13-9-8-7(4-5-14-8)11-6-12-9;1-10(2,3)8-9-6-4-5-7-11-9;1-10(2,3)9-7-5-4-6-8-9;1-8(2,3)7-4-5-9-6-7/h4-9H,1-3H3;7-9H,4-6H2,1-3H3;4-10H,1-3H3;4-7H,8H2,1-3H3;4-6H,1-3H3;4-7H,8H2,1-3H3;4-8H,1-3H3;4,6H,5H2,1-3H3. The molecule has 1 aliphatic carbocycles. The van der Waals surface area contributed by atoms with Gasteiger partial charge in [-0.05, 0) is 172 Å². The number of imidazole rings is 1. The molecule has 518 valence electrons. The molecule has 0 saturated carbocycles. The van der Waals surface area contributed by atoms with Gasteiger partial charge in [-0.25, -0.2) is 15.0 Å². The maximum absolute atomic E-state index is 5.73. The topological polar surface area (TPSA) is 103 Å². The zero-order chi connectivity index (χ0) is 71.9. The van der Waals surface area contributed by atoms with E-state index in [-0.39, 0.29) is 21.8 Å². The summed E-state index contributed by atoms with van der Waals surface area (Å²) in [6.07, 6.45) is 27.2. The molecule has 0 bridgehead atoms. The summed E-state index contributed by atoms with van der Waals surface area (Å²) in [5.74, 6) is 0.678. The van der Waals surface area contributed by atoms with Crippen LogP contribution in [0, 0.1) is 21.7 Å². The number of ether oxygens (including phenoxy) is 1. The van der Waals surface area contributed by atoms with Crippen molar-refractivity contribution in [2.45, 2.75) is 220 Å². The lowest BCUT2D eigenvalue weighted by Gasteiger charge is -2.20. The Bertz CT molecular complexity index is 3940. The summed E-state index contributed by atoms with van der Waals surface area (Å²) in [5.41, 5.74) is 17.0. The average Bonchev–Trinajstić information content (AvgIpc) is 1.83. The molecule has 10 aromatic rings. The molecular formula is C87H118N8OS. The van der Waals surface area contributed by atoms with Crippen molar-refractivity contribution in [3.8, 4) is 5.88 Å². The van der Waals surface area contributed by atoms with Gasteiger partial charge in [-0.1, -0.05) is 261 Å². The van der Waals surface area contributed by atoms with Gasteiger partial charge >= 0.3 is 0 Å². The normalized spacial score (nSPS) is 13.1. The molecule has 97 heavy (non-hydrogen) atoms. The second kappa shape index (κ2) is 35.5. The lowest BCUT2D eigenvalue weighted by molar-refractivity contribution is 0.126. The second-order valence-corrected chi connectivity index (χ2v) is 34.7. The Morgan fingerprint density at radius 3 is 1.62 bits per heavy atom. The van der Waals surface area contributed by atoms with Gasteiger partial charge in [0.05, 0.1) is 23.3 Å². The third-order valence-electron chi connectivity index (χ3n) is 15.3. The van der Waals surface area contributed by atoms with Crippen molar-refractivity contribution in [1.29, 1.82) is 0 Å². The van der Waals surface area contributed by atoms with Crippen LogP contribution in [0.15, 0.2) is 205 Å². The fourth-order valence-corrected chi connectivity index (χ4v) is 10.8. The molecule has 4 aromatic carbocycles. The molecule has 0 N–H and O–H groups in total. The lowest BCUT2D eigenvalue weighted by atomic mass is 9.85. The summed E-state index contributed by atoms with van der Waals surface area (Å²) >= 11 is 1.60. The van der Waals surface area contributed by atoms with E-state index in [2.05, 4.69) is 302 Å². The van der Waals surface area contributed by atoms with Gasteiger partial charge < -0.3 is 9.14 Å². The predicted octanol–water partition coefficient (Wildman–Crippen LogP) is 23.6. The van der Waals surface area contributed by atoms with Gasteiger partial charge in [0.1, 0.15) is 16.6 Å². The average molecular weight is 1320 g/mol. The molecule has 0 radical (unpaired) electrons. The van der Waals surface area contributed by atoms with E-state index in [1.54, 1.807) is 22.5 Å². The minimum atomic E-state index is -0.217. The number of fused-ring (bicyclic) bond motifs is 4. The van der Waals surface area contributed by atoms with E-state index in [0.29, 0.717) is 27.5 Å². The van der Waals surface area contributed by atoms with Gasteiger partial charge in [0.25, 0.3) is 0 Å². The van der Waals surface area contributed by atoms with Crippen LogP contribution in [0.1, 0.15) is 217 Å². The van der Waals surface area contributed by atoms with E-state index in [4.69, 9.17) is 4.74 Å². The lowest BCUT2D eigenvalue weighted by Crippen LogP contribution is -2.23. The van der Waals surface area contributed by atoms with E-state index >= 15 is 0 Å². The van der Waals surface area contributed by atoms with Gasteiger partial charge in [0.15, 0.2) is 5.65 Å². The predicted molar refractivity (Wildman–Crippen MR) is 420 cm³/mol. The maximum atomic E-state index is 5.73. The second-order valence-electron chi connectivity index (χ2n) is 33.7. The van der Waals surface area contributed by atoms with Crippen molar-refractivity contribution in [2.24, 2.45) is 26.7 Å². The summed E-state index contributed by atoms with van der Waals surface area (Å²) < 4.78 is 8.76. The first kappa shape index (κ1) is 79.7. The van der Waals surface area contributed by atoms with Gasteiger partial charge in [0.2, 0.25) is 5.88 Å². The smallest absolute Gasteiger partial charge is 0.235 e. The van der Waals surface area contributed by atoms with Crippen LogP contribution in [0.2, 0.25) is 0 Å². The molecule has 2 aliphatic rings. The Labute approximate surface area is 590 Å². The number of aliphatic imine (C=N–C) groups is 1. The van der Waals surface area contributed by atoms with Gasteiger partial charge in [-0.15, -0.1) is 11.3 Å². The van der Waals surface area contributed by atoms with Gasteiger partial charge in [-0.2, -0.15) is 0 Å². The number of nitrogens with zero attached hydrogens (tertiary/aromatic N) is 8. The summed E-state index contributed by atoms with van der Waals surface area (Å²) in [4.78, 5) is 29.7. The van der Waals surface area contributed by atoms with Crippen molar-refractivity contribution in [3.63, 3.8) is 0 Å². The number of hydrogen-bond acceptors (Lipinski definition) is 9. The molecule has 10 heteroatoms. The zero-order valence-electron chi connectivity index (χ0n) is 63.8. The highest BCUT2D eigenvalue weighted by Crippen LogP contribution is 2.32. The number of aryl methyl sites for hydroxylation is 2. The van der Waals surface area contributed by atoms with Crippen molar-refractivity contribution in [2.75, 3.05) is 6.54 Å². The van der Waals surface area contributed by atoms with Crippen LogP contribution in [0.4, 0.5) is 0 Å². The summed E-state index contributed by atoms with van der Waals surface area (Å²) in [6.45, 7) is 53.6. The SMILES string of the molecule is CC(C)(C)C1=CCN=C1.CC(C)(C)C=Cc1ccccc1.CC(C)(C)Cc1ccccn1.CC(C)(C)Cc1nccn2ccnc12.CC(C)(C)Oc1ncnc2ccsc12.CC(C)(C)c1ccc2c(c1)CCC2.CC(C)(C)c1ccc2ncccc2c1.CC(C)(C)c1ccccc1. The minimum absolute atomic E-state index is 0.212. The Morgan fingerprint density at radius 2 is 1.07 bits per heavy atom. The number of rotatable bonds is 4. The Balaban J connectivity index is 0.000000201. The first-order chi connectivity index (χ1) is 45.1. The van der Waals surface area contributed by atoms with E-state index < -0.39 is 0 Å². The van der Waals surface area contributed by atoms with Crippen molar-refractivity contribution >= 4 is 50.4 Å². The number of thiophene rings is 1. The maximum Gasteiger partial charge on any atom is 0.235 e. The molecule has 0 atom stereocenters. The monoisotopic (exact) mass is 1320 g/mol. The third-order valence-corrected chi connectivity index (χ3v) is 16.2. The molecule has 9 nitrogen and oxygen atoms in total. The Hall–Kier alpha value is -7.95. The quantitative estimate of drug-likeness (QED) is 0.173. The molecule has 0 fully saturated rings. The number of aromatic nitrogens is 7. The first-order valence-corrected chi connectivity index (χ1v) is 35.5. The van der Waals surface area contributed by atoms with Crippen molar-refractivity contribution in [3.05, 3.63) is 245 Å². The van der Waals surface area contributed by atoms with E-state index in [1.165, 1.54) is 64.5 Å². The van der Waals surface area contributed by atoms with Gasteiger partial charge in [0, 0.05) is 54.5 Å². The number of benzene rings is 4. The highest BCUT2D eigenvalue weighted by Gasteiger charge is 2.21. The van der Waals surface area contributed by atoms with E-state index in [9.17, 15) is 0 Å². The molecule has 0 amide bonds. The molecule has 6 aromatic heterocycles. The summed E-state index contributed by atoms with van der Waals surface area (Å²) in [5, 5.41) is 3.22. The number of allylic oxidation sites excluding steroid dienone is 2. The molecule has 7 heterocycles. The number of pyridine rings is 2. The molecule has 12 rings (SSSR count). The third kappa shape index (κ3) is 30.2. The van der Waals surface area contributed by atoms with Crippen molar-refractivity contribution in [1.82, 2.24) is 34.3 Å². The van der Waals surface area contributed by atoms with Crippen LogP contribution in [-0.2, 0) is 41.9 Å². The van der Waals surface area contributed by atoms with Crippen LogP contribution >= 0.6 is 11.3 Å². The number of hydrogen-bond donors (Lipinski definition) is 0. The van der Waals surface area contributed by atoms with E-state index in [0.717, 1.165) is 46.5 Å². The molecule has 0 spiro atoms. The highest BCUT2D eigenvalue weighted by atomic mass is 32.1. The van der Waals surface area contributed by atoms with E-state index in [1.807, 2.05) is 104 Å². The summed E-state index contributed by atoms with van der Waals surface area (Å²) in [7, 11) is 0.